The lowest BCUT2D eigenvalue weighted by molar-refractivity contribution is 0.293. The van der Waals surface area contributed by atoms with Gasteiger partial charge in [-0.25, -0.2) is 9.97 Å². The smallest absolute Gasteiger partial charge is 0.215 e. The average molecular weight is 629 g/mol. The summed E-state index contributed by atoms with van der Waals surface area (Å²) < 4.78 is 6.66. The largest absolute Gasteiger partial charge is 0.326 e. The van der Waals surface area contributed by atoms with Gasteiger partial charge in [0, 0.05) is 26.3 Å². The molecule has 9 heteroatoms. The van der Waals surface area contributed by atoms with E-state index in [2.05, 4.69) is 75.9 Å². The number of likely N-dealkylation sites (N-methyl/N-ethyl adjacent to an activating group) is 1. The Morgan fingerprint density at radius 1 is 0.812 bits per heavy atom. The molecule has 3 aromatic heterocycles. The first kappa shape index (κ1) is 26.6. The maximum Gasteiger partial charge on any atom is 0.215 e. The lowest BCUT2D eigenvalue weighted by atomic mass is 10.3. The van der Waals surface area contributed by atoms with Crippen LogP contribution in [0.4, 0.5) is 0 Å². The fourth-order valence-corrected chi connectivity index (χ4v) is 4.23. The van der Waals surface area contributed by atoms with E-state index in [1.165, 1.54) is 11.0 Å². The number of para-hydroxylation sites is 4. The van der Waals surface area contributed by atoms with Crippen LogP contribution >= 0.6 is 50.9 Å². The first-order valence-corrected chi connectivity index (χ1v) is 10.3. The number of aryl methyl sites for hydroxylation is 1. The van der Waals surface area contributed by atoms with Crippen LogP contribution in [0.1, 0.15) is 13.8 Å². The van der Waals surface area contributed by atoms with Crippen molar-refractivity contribution in [3.8, 4) is 11.5 Å². The first-order chi connectivity index (χ1) is 14.2. The van der Waals surface area contributed by atoms with Crippen LogP contribution in [-0.2, 0) is 13.6 Å². The number of rotatable bonds is 6. The highest BCUT2D eigenvalue weighted by molar-refractivity contribution is 8.93. The van der Waals surface area contributed by atoms with E-state index >= 15 is 0 Å². The number of hydrogen-bond acceptors (Lipinski definition) is 3. The number of benzene rings is 2. The summed E-state index contributed by atoms with van der Waals surface area (Å²) in [4.78, 5) is 12.3. The minimum atomic E-state index is 0. The van der Waals surface area contributed by atoms with Gasteiger partial charge in [0.2, 0.25) is 5.78 Å². The number of halogens is 3. The van der Waals surface area contributed by atoms with Crippen molar-refractivity contribution in [1.29, 1.82) is 0 Å². The Morgan fingerprint density at radius 3 is 2.09 bits per heavy atom. The molecule has 3 heterocycles. The van der Waals surface area contributed by atoms with Gasteiger partial charge >= 0.3 is 0 Å². The van der Waals surface area contributed by atoms with Gasteiger partial charge in [0.15, 0.2) is 5.82 Å². The van der Waals surface area contributed by atoms with Crippen molar-refractivity contribution in [1.82, 2.24) is 28.4 Å². The Labute approximate surface area is 219 Å². The van der Waals surface area contributed by atoms with Gasteiger partial charge in [-0.3, -0.25) is 4.40 Å². The molecule has 0 saturated carbocycles. The first-order valence-electron chi connectivity index (χ1n) is 10.3. The quantitative estimate of drug-likeness (QED) is 0.235. The molecule has 0 fully saturated rings. The highest BCUT2D eigenvalue weighted by atomic mass is 79.9. The van der Waals surface area contributed by atoms with Crippen LogP contribution in [0.5, 0.6) is 0 Å². The third-order valence-corrected chi connectivity index (χ3v) is 5.91. The van der Waals surface area contributed by atoms with E-state index in [0.29, 0.717) is 0 Å². The van der Waals surface area contributed by atoms with Gasteiger partial charge in [0.05, 0.1) is 22.1 Å². The molecule has 0 amide bonds. The summed E-state index contributed by atoms with van der Waals surface area (Å²) >= 11 is 0. The summed E-state index contributed by atoms with van der Waals surface area (Å²) in [5.41, 5.74) is 5.42. The Kier molecular flexibility index (Phi) is 9.10. The highest BCUT2D eigenvalue weighted by Crippen LogP contribution is 2.27. The average Bonchev–Trinajstić information content (AvgIpc) is 3.40. The van der Waals surface area contributed by atoms with E-state index in [1.807, 2.05) is 18.2 Å². The van der Waals surface area contributed by atoms with E-state index in [9.17, 15) is 0 Å². The maximum absolute atomic E-state index is 5.03. The molecule has 0 aliphatic heterocycles. The predicted molar refractivity (Wildman–Crippen MR) is 149 cm³/mol. The number of fused-ring (bicyclic) bond motifs is 4. The van der Waals surface area contributed by atoms with Crippen LogP contribution in [0.3, 0.4) is 0 Å². The SMILES string of the molecule is Br.Br.Br.CCN(CC)CCn1c2ccccc2n2cc(-c3nc4ccccc4n3C)nc12. The highest BCUT2D eigenvalue weighted by Gasteiger charge is 2.18. The van der Waals surface area contributed by atoms with Crippen LogP contribution in [0.25, 0.3) is 39.4 Å². The molecule has 172 valence electrons. The van der Waals surface area contributed by atoms with Gasteiger partial charge in [-0.2, -0.15) is 0 Å². The third kappa shape index (κ3) is 4.40. The van der Waals surface area contributed by atoms with Crippen LogP contribution < -0.4 is 0 Å². The van der Waals surface area contributed by atoms with Gasteiger partial charge in [0.1, 0.15) is 5.69 Å². The predicted octanol–water partition coefficient (Wildman–Crippen LogP) is 5.92. The molecule has 6 nitrogen and oxygen atoms in total. The monoisotopic (exact) mass is 626 g/mol. The second-order valence-electron chi connectivity index (χ2n) is 7.45. The molecule has 0 N–H and O–H groups in total. The van der Waals surface area contributed by atoms with Gasteiger partial charge in [-0.15, -0.1) is 50.9 Å². The minimum Gasteiger partial charge on any atom is -0.326 e. The number of aromatic nitrogens is 5. The second kappa shape index (κ2) is 11.0. The number of hydrogen-bond donors (Lipinski definition) is 0. The summed E-state index contributed by atoms with van der Waals surface area (Å²) in [6.07, 6.45) is 2.12. The van der Waals surface area contributed by atoms with E-state index < -0.39 is 0 Å². The van der Waals surface area contributed by atoms with Crippen molar-refractivity contribution in [2.45, 2.75) is 20.4 Å². The molecule has 0 bridgehead atoms. The molecular formula is C23H29Br3N6. The molecule has 2 aromatic carbocycles. The number of imidazole rings is 3. The van der Waals surface area contributed by atoms with Crippen molar-refractivity contribution >= 4 is 78.8 Å². The zero-order valence-corrected chi connectivity index (χ0v) is 23.6. The topological polar surface area (TPSA) is 43.3 Å². The lowest BCUT2D eigenvalue weighted by Crippen LogP contribution is -2.27. The summed E-state index contributed by atoms with van der Waals surface area (Å²) in [6.45, 7) is 8.48. The summed E-state index contributed by atoms with van der Waals surface area (Å²) in [5, 5.41) is 0. The standard InChI is InChI=1S/C23H26N6.3BrH/c1-4-27(5-2)14-15-28-20-12-8-9-13-21(20)29-16-18(25-23(28)29)22-24-17-10-6-7-11-19(17)26(22)3;;;/h6-13,16H,4-5,14-15H2,1-3H3;3*1H. The van der Waals surface area contributed by atoms with Crippen molar-refractivity contribution in [3.05, 3.63) is 54.7 Å². The maximum atomic E-state index is 5.03. The molecule has 32 heavy (non-hydrogen) atoms. The Hall–Kier alpha value is -1.68. The molecule has 0 radical (unpaired) electrons. The van der Waals surface area contributed by atoms with E-state index in [1.54, 1.807) is 0 Å². The van der Waals surface area contributed by atoms with Crippen molar-refractivity contribution in [2.75, 3.05) is 19.6 Å². The number of nitrogens with zero attached hydrogens (tertiary/aromatic N) is 6. The van der Waals surface area contributed by atoms with Gasteiger partial charge in [0.25, 0.3) is 0 Å². The third-order valence-electron chi connectivity index (χ3n) is 5.91. The van der Waals surface area contributed by atoms with Crippen molar-refractivity contribution < 1.29 is 0 Å². The van der Waals surface area contributed by atoms with Crippen LogP contribution in [0.2, 0.25) is 0 Å². The summed E-state index contributed by atoms with van der Waals surface area (Å²) in [6, 6.07) is 16.8. The van der Waals surface area contributed by atoms with E-state index in [0.717, 1.165) is 54.5 Å². The second-order valence-corrected chi connectivity index (χ2v) is 7.45. The zero-order valence-electron chi connectivity index (χ0n) is 18.4. The van der Waals surface area contributed by atoms with Crippen LogP contribution in [-0.4, -0.2) is 48.0 Å². The molecular weight excluding hydrogens is 600 g/mol. The van der Waals surface area contributed by atoms with E-state index in [4.69, 9.17) is 9.97 Å². The summed E-state index contributed by atoms with van der Waals surface area (Å²) in [7, 11) is 2.06. The molecule has 0 unspecified atom stereocenters. The normalized spacial score (nSPS) is 11.0. The van der Waals surface area contributed by atoms with Gasteiger partial charge in [-0.05, 0) is 37.4 Å². The van der Waals surface area contributed by atoms with Gasteiger partial charge < -0.3 is 14.0 Å². The van der Waals surface area contributed by atoms with Crippen molar-refractivity contribution in [3.63, 3.8) is 0 Å². The van der Waals surface area contributed by atoms with Crippen LogP contribution in [0, 0.1) is 0 Å². The fraction of sp³-hybridized carbons (Fsp3) is 0.304. The molecule has 0 aliphatic rings. The minimum absolute atomic E-state index is 0. The lowest BCUT2D eigenvalue weighted by Gasteiger charge is -2.18. The van der Waals surface area contributed by atoms with Gasteiger partial charge in [-0.1, -0.05) is 38.1 Å². The Bertz CT molecular complexity index is 1320. The molecule has 5 aromatic rings. The molecule has 5 rings (SSSR count). The van der Waals surface area contributed by atoms with E-state index in [-0.39, 0.29) is 50.9 Å². The Balaban J connectivity index is 0.00000121. The van der Waals surface area contributed by atoms with Crippen LogP contribution in [0.15, 0.2) is 54.7 Å². The Morgan fingerprint density at radius 2 is 1.44 bits per heavy atom. The molecule has 0 aliphatic carbocycles. The molecule has 0 saturated heterocycles. The molecule has 0 spiro atoms. The van der Waals surface area contributed by atoms with Crippen molar-refractivity contribution in [2.24, 2.45) is 7.05 Å². The fourth-order valence-electron chi connectivity index (χ4n) is 4.23. The molecule has 0 atom stereocenters. The summed E-state index contributed by atoms with van der Waals surface area (Å²) in [5.74, 6) is 1.87. The zero-order chi connectivity index (χ0) is 20.0.